The summed E-state index contributed by atoms with van der Waals surface area (Å²) in [7, 11) is 0. The van der Waals surface area contributed by atoms with Crippen molar-refractivity contribution in [2.75, 3.05) is 25.4 Å². The first kappa shape index (κ1) is 9.81. The van der Waals surface area contributed by atoms with Gasteiger partial charge in [0, 0.05) is 36.2 Å². The van der Waals surface area contributed by atoms with Gasteiger partial charge in [-0.2, -0.15) is 11.8 Å². The Hall–Kier alpha value is 0.270. The number of hydrogen-bond acceptors (Lipinski definition) is 3. The second-order valence-corrected chi connectivity index (χ2v) is 5.91. The molecule has 1 aliphatic heterocycles. The van der Waals surface area contributed by atoms with Gasteiger partial charge in [0.15, 0.2) is 0 Å². The Morgan fingerprint density at radius 3 is 2.92 bits per heavy atom. The van der Waals surface area contributed by atoms with Crippen LogP contribution in [0.4, 0.5) is 0 Å². The second kappa shape index (κ2) is 3.79. The first-order valence-electron chi connectivity index (χ1n) is 5.35. The van der Waals surface area contributed by atoms with E-state index in [1.165, 1.54) is 38.1 Å². The zero-order chi connectivity index (χ0) is 9.31. The number of hydrogen-bond donors (Lipinski definition) is 1. The molecule has 1 unspecified atom stereocenters. The Bertz CT molecular complexity index is 180. The molecule has 1 heterocycles. The first-order valence-corrected chi connectivity index (χ1v) is 6.39. The third-order valence-corrected chi connectivity index (χ3v) is 4.48. The van der Waals surface area contributed by atoms with E-state index in [-0.39, 0.29) is 5.54 Å². The van der Waals surface area contributed by atoms with E-state index in [1.807, 2.05) is 0 Å². The van der Waals surface area contributed by atoms with Crippen molar-refractivity contribution in [3.8, 4) is 0 Å². The molecular formula is C10H20N2S. The van der Waals surface area contributed by atoms with E-state index < -0.39 is 0 Å². The van der Waals surface area contributed by atoms with Gasteiger partial charge in [-0.1, -0.05) is 6.92 Å². The van der Waals surface area contributed by atoms with Gasteiger partial charge in [-0.15, -0.1) is 0 Å². The lowest BCUT2D eigenvalue weighted by atomic mass is 10.2. The van der Waals surface area contributed by atoms with Crippen LogP contribution in [0.3, 0.4) is 0 Å². The van der Waals surface area contributed by atoms with Gasteiger partial charge in [0.2, 0.25) is 0 Å². The molecule has 0 aromatic heterocycles. The third kappa shape index (κ3) is 2.61. The molecule has 0 aromatic rings. The van der Waals surface area contributed by atoms with Crippen LogP contribution in [0, 0.1) is 0 Å². The Morgan fingerprint density at radius 2 is 2.31 bits per heavy atom. The van der Waals surface area contributed by atoms with Crippen LogP contribution < -0.4 is 5.73 Å². The number of nitrogens with zero attached hydrogens (tertiary/aromatic N) is 1. The molecule has 0 amide bonds. The normalized spacial score (nSPS) is 33.2. The van der Waals surface area contributed by atoms with Crippen molar-refractivity contribution < 1.29 is 0 Å². The Kier molecular flexibility index (Phi) is 2.86. The predicted molar refractivity (Wildman–Crippen MR) is 59.1 cm³/mol. The molecule has 0 radical (unpaired) electrons. The molecule has 2 aliphatic rings. The van der Waals surface area contributed by atoms with Crippen molar-refractivity contribution in [3.63, 3.8) is 0 Å². The minimum absolute atomic E-state index is 0.209. The highest BCUT2D eigenvalue weighted by Gasteiger charge is 2.40. The maximum Gasteiger partial charge on any atom is 0.0284 e. The molecule has 2 nitrogen and oxygen atoms in total. The lowest BCUT2D eigenvalue weighted by Crippen LogP contribution is -2.45. The minimum atomic E-state index is 0.209. The Labute approximate surface area is 85.2 Å². The monoisotopic (exact) mass is 200 g/mol. The zero-order valence-electron chi connectivity index (χ0n) is 8.46. The second-order valence-electron chi connectivity index (χ2n) is 4.50. The SMILES string of the molecule is CCC1CN(CC2(N)CC2)CCS1. The van der Waals surface area contributed by atoms with Crippen molar-refractivity contribution in [3.05, 3.63) is 0 Å². The third-order valence-electron chi connectivity index (χ3n) is 3.11. The van der Waals surface area contributed by atoms with Crippen LogP contribution in [-0.2, 0) is 0 Å². The smallest absolute Gasteiger partial charge is 0.0284 e. The molecule has 1 aliphatic carbocycles. The lowest BCUT2D eigenvalue weighted by Gasteiger charge is -2.33. The molecule has 2 rings (SSSR count). The average Bonchev–Trinajstić information content (AvgIpc) is 2.84. The summed E-state index contributed by atoms with van der Waals surface area (Å²) in [5, 5.41) is 0.857. The standard InChI is InChI=1S/C10H20N2S/c1-2-9-7-12(5-6-13-9)8-10(11)3-4-10/h9H,2-8,11H2,1H3. The fourth-order valence-corrected chi connectivity index (χ4v) is 3.18. The fraction of sp³-hybridized carbons (Fsp3) is 1.00. The van der Waals surface area contributed by atoms with Crippen LogP contribution in [0.1, 0.15) is 26.2 Å². The summed E-state index contributed by atoms with van der Waals surface area (Å²) in [4.78, 5) is 2.57. The summed E-state index contributed by atoms with van der Waals surface area (Å²) in [6, 6.07) is 0. The van der Waals surface area contributed by atoms with Gasteiger partial charge in [-0.25, -0.2) is 0 Å². The number of thioether (sulfide) groups is 1. The van der Waals surface area contributed by atoms with Crippen LogP contribution in [0.2, 0.25) is 0 Å². The molecule has 13 heavy (non-hydrogen) atoms. The van der Waals surface area contributed by atoms with Crippen molar-refractivity contribution in [2.24, 2.45) is 5.73 Å². The summed E-state index contributed by atoms with van der Waals surface area (Å²) in [6.07, 6.45) is 3.79. The topological polar surface area (TPSA) is 29.3 Å². The molecule has 2 N–H and O–H groups in total. The Balaban J connectivity index is 1.78. The van der Waals surface area contributed by atoms with Crippen molar-refractivity contribution in [1.82, 2.24) is 4.90 Å². The van der Waals surface area contributed by atoms with Crippen molar-refractivity contribution in [1.29, 1.82) is 0 Å². The average molecular weight is 200 g/mol. The summed E-state index contributed by atoms with van der Waals surface area (Å²) in [6.45, 7) is 5.95. The lowest BCUT2D eigenvalue weighted by molar-refractivity contribution is 0.257. The van der Waals surface area contributed by atoms with Gasteiger partial charge in [0.05, 0.1) is 0 Å². The highest BCUT2D eigenvalue weighted by atomic mass is 32.2. The largest absolute Gasteiger partial charge is 0.324 e. The van der Waals surface area contributed by atoms with Gasteiger partial charge in [0.25, 0.3) is 0 Å². The molecule has 3 heteroatoms. The summed E-state index contributed by atoms with van der Waals surface area (Å²) >= 11 is 2.13. The number of nitrogens with two attached hydrogens (primary N) is 1. The molecule has 2 fully saturated rings. The maximum atomic E-state index is 6.12. The summed E-state index contributed by atoms with van der Waals surface area (Å²) in [5.41, 5.74) is 6.32. The van der Waals surface area contributed by atoms with E-state index in [9.17, 15) is 0 Å². The fourth-order valence-electron chi connectivity index (χ4n) is 1.94. The molecule has 0 aromatic carbocycles. The molecule has 1 saturated heterocycles. The summed E-state index contributed by atoms with van der Waals surface area (Å²) in [5.74, 6) is 1.30. The van der Waals surface area contributed by atoms with Crippen LogP contribution in [0.5, 0.6) is 0 Å². The molecular weight excluding hydrogens is 180 g/mol. The van der Waals surface area contributed by atoms with Gasteiger partial charge in [-0.05, 0) is 19.3 Å². The molecule has 0 spiro atoms. The van der Waals surface area contributed by atoms with Gasteiger partial charge >= 0.3 is 0 Å². The van der Waals surface area contributed by atoms with Gasteiger partial charge < -0.3 is 5.73 Å². The maximum absolute atomic E-state index is 6.12. The molecule has 1 saturated carbocycles. The molecule has 1 atom stereocenters. The highest BCUT2D eigenvalue weighted by molar-refractivity contribution is 8.00. The van der Waals surface area contributed by atoms with Gasteiger partial charge in [0.1, 0.15) is 0 Å². The van der Waals surface area contributed by atoms with Crippen LogP contribution in [0.25, 0.3) is 0 Å². The van der Waals surface area contributed by atoms with E-state index in [0.717, 1.165) is 11.8 Å². The van der Waals surface area contributed by atoms with Crippen LogP contribution in [-0.4, -0.2) is 41.1 Å². The molecule has 0 bridgehead atoms. The van der Waals surface area contributed by atoms with Crippen molar-refractivity contribution >= 4 is 11.8 Å². The zero-order valence-corrected chi connectivity index (χ0v) is 9.28. The summed E-state index contributed by atoms with van der Waals surface area (Å²) < 4.78 is 0. The van der Waals surface area contributed by atoms with E-state index >= 15 is 0 Å². The quantitative estimate of drug-likeness (QED) is 0.745. The van der Waals surface area contributed by atoms with E-state index in [0.29, 0.717) is 0 Å². The predicted octanol–water partition coefficient (Wildman–Crippen LogP) is 1.31. The van der Waals surface area contributed by atoms with Crippen LogP contribution in [0.15, 0.2) is 0 Å². The first-order chi connectivity index (χ1) is 6.22. The van der Waals surface area contributed by atoms with E-state index in [1.54, 1.807) is 0 Å². The van der Waals surface area contributed by atoms with E-state index in [2.05, 4.69) is 23.6 Å². The van der Waals surface area contributed by atoms with Crippen molar-refractivity contribution in [2.45, 2.75) is 37.0 Å². The van der Waals surface area contributed by atoms with E-state index in [4.69, 9.17) is 5.73 Å². The minimum Gasteiger partial charge on any atom is -0.324 e. The van der Waals surface area contributed by atoms with Gasteiger partial charge in [-0.3, -0.25) is 4.90 Å². The Morgan fingerprint density at radius 1 is 1.54 bits per heavy atom. The van der Waals surface area contributed by atoms with Crippen LogP contribution >= 0.6 is 11.8 Å². The highest BCUT2D eigenvalue weighted by Crippen LogP contribution is 2.34. The molecule has 76 valence electrons. The number of rotatable bonds is 3.